The minimum absolute atomic E-state index is 0.00985. The summed E-state index contributed by atoms with van der Waals surface area (Å²) in [5.41, 5.74) is 3.92. The number of imide groups is 2. The second kappa shape index (κ2) is 12.5. The van der Waals surface area contributed by atoms with Gasteiger partial charge in [0.1, 0.15) is 11.5 Å². The number of hydrogen-bond acceptors (Lipinski definition) is 7. The van der Waals surface area contributed by atoms with Gasteiger partial charge in [0, 0.05) is 17.0 Å². The van der Waals surface area contributed by atoms with Crippen LogP contribution in [0.4, 0.5) is 5.69 Å². The molecular formula is C39H37Cl2N3O6. The molecule has 0 bridgehead atoms. The quantitative estimate of drug-likeness (QED) is 0.208. The van der Waals surface area contributed by atoms with Crippen LogP contribution < -0.4 is 10.2 Å². The Morgan fingerprint density at radius 1 is 0.880 bits per heavy atom. The minimum atomic E-state index is -1.48. The van der Waals surface area contributed by atoms with Crippen LogP contribution in [0.3, 0.4) is 0 Å². The number of likely N-dealkylation sites (tertiary alicyclic amines) is 1. The Kier molecular flexibility index (Phi) is 8.18. The number of benzene rings is 3. The predicted molar refractivity (Wildman–Crippen MR) is 187 cm³/mol. The van der Waals surface area contributed by atoms with E-state index in [1.807, 2.05) is 24.3 Å². The van der Waals surface area contributed by atoms with E-state index in [2.05, 4.69) is 5.43 Å². The van der Waals surface area contributed by atoms with E-state index in [0.717, 1.165) is 42.7 Å². The number of carbonyl (C=O) groups is 4. The van der Waals surface area contributed by atoms with Crippen LogP contribution in [0.2, 0.25) is 10.0 Å². The van der Waals surface area contributed by atoms with Gasteiger partial charge in [-0.05, 0) is 85.2 Å². The molecule has 9 nitrogen and oxygen atoms in total. The summed E-state index contributed by atoms with van der Waals surface area (Å²) in [5, 5.41) is 12.5. The molecule has 8 rings (SSSR count). The van der Waals surface area contributed by atoms with Gasteiger partial charge in [-0.2, -0.15) is 5.01 Å². The summed E-state index contributed by atoms with van der Waals surface area (Å²) in [5.74, 6) is -3.98. The number of phenolic OH excluding ortho intramolecular Hbond substituents is 1. The highest BCUT2D eigenvalue weighted by molar-refractivity contribution is 6.36. The van der Waals surface area contributed by atoms with Crippen LogP contribution in [0.15, 0.2) is 78.4 Å². The van der Waals surface area contributed by atoms with Gasteiger partial charge in [-0.15, -0.1) is 0 Å². The summed E-state index contributed by atoms with van der Waals surface area (Å²) < 4.78 is 5.46. The summed E-state index contributed by atoms with van der Waals surface area (Å²) in [7, 11) is 1.56. The molecular weight excluding hydrogens is 677 g/mol. The van der Waals surface area contributed by atoms with Crippen molar-refractivity contribution in [3.05, 3.63) is 99.6 Å². The molecule has 3 aromatic rings. The highest BCUT2D eigenvalue weighted by atomic mass is 35.5. The lowest BCUT2D eigenvalue weighted by Gasteiger charge is -2.50. The number of methoxy groups -OCH3 is 1. The number of aromatic hydroxyl groups is 1. The monoisotopic (exact) mass is 713 g/mol. The van der Waals surface area contributed by atoms with Gasteiger partial charge in [0.2, 0.25) is 11.8 Å². The topological polar surface area (TPSA) is 116 Å². The lowest BCUT2D eigenvalue weighted by atomic mass is 9.49. The smallest absolute Gasteiger partial charge is 0.260 e. The molecule has 11 heteroatoms. The van der Waals surface area contributed by atoms with E-state index in [0.29, 0.717) is 34.0 Å². The van der Waals surface area contributed by atoms with Crippen LogP contribution in [0, 0.1) is 23.7 Å². The highest BCUT2D eigenvalue weighted by Crippen LogP contribution is 2.64. The van der Waals surface area contributed by atoms with Crippen LogP contribution in [-0.2, 0) is 24.6 Å². The molecule has 6 atom stereocenters. The van der Waals surface area contributed by atoms with Gasteiger partial charge in [0.25, 0.3) is 11.8 Å². The number of rotatable bonds is 6. The first kappa shape index (κ1) is 32.8. The third kappa shape index (κ3) is 4.88. The highest BCUT2D eigenvalue weighted by Gasteiger charge is 2.70. The maximum atomic E-state index is 15.3. The second-order valence-electron chi connectivity index (χ2n) is 14.1. The van der Waals surface area contributed by atoms with Crippen molar-refractivity contribution in [3.8, 4) is 11.5 Å². The molecule has 4 amide bonds. The number of hydrogen-bond donors (Lipinski definition) is 2. The fourth-order valence-corrected chi connectivity index (χ4v) is 10.1. The zero-order valence-electron chi connectivity index (χ0n) is 27.5. The summed E-state index contributed by atoms with van der Waals surface area (Å²) in [4.78, 5) is 60.1. The van der Waals surface area contributed by atoms with E-state index < -0.39 is 46.8 Å². The fourth-order valence-electron chi connectivity index (χ4n) is 9.65. The first-order valence-corrected chi connectivity index (χ1v) is 18.0. The predicted octanol–water partition coefficient (Wildman–Crippen LogP) is 7.03. The average Bonchev–Trinajstić information content (AvgIpc) is 3.50. The van der Waals surface area contributed by atoms with E-state index in [1.54, 1.807) is 49.6 Å². The minimum Gasteiger partial charge on any atom is -0.508 e. The SMILES string of the molecule is COc1ccc(C23C(=O)N(Nc4ccc(Cl)cc4Cl)C(=O)C2CC2C(=CCC4C(=O)N(C5CCCCC5)C(=O)C42)C3c2cccc(O)c2)cc1. The molecule has 0 aromatic heterocycles. The van der Waals surface area contributed by atoms with E-state index in [4.69, 9.17) is 27.9 Å². The Hall–Kier alpha value is -4.34. The van der Waals surface area contributed by atoms with Crippen LogP contribution in [0.5, 0.6) is 11.5 Å². The zero-order chi connectivity index (χ0) is 34.9. The second-order valence-corrected chi connectivity index (χ2v) is 15.0. The van der Waals surface area contributed by atoms with Crippen LogP contribution in [-0.4, -0.2) is 51.8 Å². The van der Waals surface area contributed by atoms with Crippen molar-refractivity contribution in [3.63, 3.8) is 0 Å². The van der Waals surface area contributed by atoms with Gasteiger partial charge in [-0.3, -0.25) is 29.5 Å². The van der Waals surface area contributed by atoms with Crippen LogP contribution in [0.1, 0.15) is 62.0 Å². The molecule has 3 aromatic carbocycles. The molecule has 0 radical (unpaired) electrons. The summed E-state index contributed by atoms with van der Waals surface area (Å²) in [6.07, 6.45) is 7.23. The molecule has 2 N–H and O–H groups in total. The zero-order valence-corrected chi connectivity index (χ0v) is 29.0. The Morgan fingerprint density at radius 2 is 1.64 bits per heavy atom. The van der Waals surface area contributed by atoms with Crippen molar-refractivity contribution >= 4 is 52.5 Å². The van der Waals surface area contributed by atoms with Gasteiger partial charge in [-0.25, -0.2) is 0 Å². The van der Waals surface area contributed by atoms with Gasteiger partial charge < -0.3 is 9.84 Å². The summed E-state index contributed by atoms with van der Waals surface area (Å²) in [6, 6.07) is 18.6. The van der Waals surface area contributed by atoms with Crippen molar-refractivity contribution in [1.82, 2.24) is 9.91 Å². The Balaban J connectivity index is 1.31. The molecule has 258 valence electrons. The maximum absolute atomic E-state index is 15.3. The fraction of sp³-hybridized carbons (Fsp3) is 0.385. The van der Waals surface area contributed by atoms with Crippen LogP contribution >= 0.6 is 23.2 Å². The third-order valence-electron chi connectivity index (χ3n) is 11.8. The molecule has 5 aliphatic rings. The molecule has 2 heterocycles. The number of halogens is 2. The molecule has 0 spiro atoms. The van der Waals surface area contributed by atoms with Crippen molar-refractivity contribution in [2.75, 3.05) is 12.5 Å². The lowest BCUT2D eigenvalue weighted by Crippen LogP contribution is -2.53. The number of ether oxygens (including phenoxy) is 1. The van der Waals surface area contributed by atoms with Crippen molar-refractivity contribution < 1.29 is 29.0 Å². The number of anilines is 1. The van der Waals surface area contributed by atoms with Crippen molar-refractivity contribution in [2.24, 2.45) is 23.7 Å². The van der Waals surface area contributed by atoms with E-state index >= 15 is 4.79 Å². The lowest BCUT2D eigenvalue weighted by molar-refractivity contribution is -0.144. The molecule has 4 fully saturated rings. The first-order chi connectivity index (χ1) is 24.1. The van der Waals surface area contributed by atoms with Gasteiger partial charge in [0.15, 0.2) is 0 Å². The number of fused-ring (bicyclic) bond motifs is 4. The number of carbonyl (C=O) groups excluding carboxylic acids is 4. The average molecular weight is 715 g/mol. The molecule has 3 aliphatic carbocycles. The molecule has 2 saturated heterocycles. The van der Waals surface area contributed by atoms with E-state index in [-0.39, 0.29) is 35.0 Å². The number of phenols is 1. The first-order valence-electron chi connectivity index (χ1n) is 17.3. The van der Waals surface area contributed by atoms with Gasteiger partial charge >= 0.3 is 0 Å². The summed E-state index contributed by atoms with van der Waals surface area (Å²) >= 11 is 12.7. The summed E-state index contributed by atoms with van der Waals surface area (Å²) in [6.45, 7) is 0. The Labute approximate surface area is 300 Å². The third-order valence-corrected chi connectivity index (χ3v) is 12.3. The van der Waals surface area contributed by atoms with Crippen molar-refractivity contribution in [2.45, 2.75) is 62.3 Å². The normalized spacial score (nSPS) is 29.4. The van der Waals surface area contributed by atoms with E-state index in [9.17, 15) is 19.5 Å². The number of amides is 4. The number of nitrogens with one attached hydrogen (secondary N) is 1. The molecule has 6 unspecified atom stereocenters. The van der Waals surface area contributed by atoms with Gasteiger partial charge in [0.05, 0.1) is 41.0 Å². The largest absolute Gasteiger partial charge is 0.508 e. The van der Waals surface area contributed by atoms with Crippen molar-refractivity contribution in [1.29, 1.82) is 0 Å². The number of nitrogens with zero attached hydrogens (tertiary/aromatic N) is 2. The Morgan fingerprint density at radius 3 is 2.34 bits per heavy atom. The standard InChI is InChI=1S/C39H37Cl2N3O6/c1-50-26-13-10-22(11-14-26)39-30(36(47)44(38(39)49)42-32-17-12-23(40)19-31(32)41)20-29-27(34(39)21-6-5-9-25(45)18-21)15-16-28-33(29)37(48)43(35(28)46)24-7-3-2-4-8-24/h5-6,9-15,17-19,24,28-30,33-34,42,45H,2-4,7-8,16,20H2,1H3. The van der Waals surface area contributed by atoms with Crippen LogP contribution in [0.25, 0.3) is 0 Å². The number of hydrazine groups is 1. The van der Waals surface area contributed by atoms with E-state index in [1.165, 1.54) is 11.0 Å². The molecule has 50 heavy (non-hydrogen) atoms. The number of allylic oxidation sites excluding steroid dienone is 2. The molecule has 2 saturated carbocycles. The Bertz CT molecular complexity index is 1940. The maximum Gasteiger partial charge on any atom is 0.260 e. The van der Waals surface area contributed by atoms with Gasteiger partial charge in [-0.1, -0.05) is 78.4 Å². The molecule has 2 aliphatic heterocycles.